The number of aryl methyl sites for hydroxylation is 1. The van der Waals surface area contributed by atoms with Crippen molar-refractivity contribution in [2.45, 2.75) is 27.3 Å². The summed E-state index contributed by atoms with van der Waals surface area (Å²) in [5.74, 6) is 1.03. The fourth-order valence-electron chi connectivity index (χ4n) is 3.08. The predicted molar refractivity (Wildman–Crippen MR) is 107 cm³/mol. The minimum Gasteiger partial charge on any atom is -0.354 e. The second-order valence-electron chi connectivity index (χ2n) is 7.17. The number of hydrogen-bond donors (Lipinski definition) is 2. The van der Waals surface area contributed by atoms with Crippen LogP contribution in [0.2, 0.25) is 0 Å². The standard InChI is InChI=1S/C20H33N5O/c1-16(2)19(26)22-8-9-23-20(21-4)25-12-10-24(11-13-25)15-18-7-5-6-17(3)14-18/h5-7,14,16H,8-13,15H2,1-4H3,(H,21,23)(H,22,26). The van der Waals surface area contributed by atoms with E-state index in [1.807, 2.05) is 20.9 Å². The molecule has 1 aliphatic rings. The molecule has 1 fully saturated rings. The van der Waals surface area contributed by atoms with Gasteiger partial charge in [0, 0.05) is 58.8 Å². The summed E-state index contributed by atoms with van der Waals surface area (Å²) in [4.78, 5) is 20.7. The lowest BCUT2D eigenvalue weighted by atomic mass is 10.1. The van der Waals surface area contributed by atoms with Crippen LogP contribution in [0.3, 0.4) is 0 Å². The molecule has 144 valence electrons. The fourth-order valence-corrected chi connectivity index (χ4v) is 3.08. The van der Waals surface area contributed by atoms with Gasteiger partial charge < -0.3 is 15.5 Å². The van der Waals surface area contributed by atoms with Crippen LogP contribution in [0.4, 0.5) is 0 Å². The molecule has 0 saturated carbocycles. The summed E-state index contributed by atoms with van der Waals surface area (Å²) in [6, 6.07) is 8.73. The number of rotatable bonds is 6. The van der Waals surface area contributed by atoms with E-state index in [1.165, 1.54) is 11.1 Å². The third kappa shape index (κ3) is 6.33. The first kappa shape index (κ1) is 20.2. The van der Waals surface area contributed by atoms with Crippen LogP contribution in [-0.4, -0.2) is 68.0 Å². The first-order chi connectivity index (χ1) is 12.5. The molecule has 6 nitrogen and oxygen atoms in total. The maximum absolute atomic E-state index is 11.6. The Hall–Kier alpha value is -2.08. The molecule has 0 aliphatic carbocycles. The van der Waals surface area contributed by atoms with Gasteiger partial charge in [0.1, 0.15) is 0 Å². The van der Waals surface area contributed by atoms with Gasteiger partial charge in [-0.25, -0.2) is 0 Å². The van der Waals surface area contributed by atoms with E-state index in [1.54, 1.807) is 0 Å². The monoisotopic (exact) mass is 359 g/mol. The Morgan fingerprint density at radius 2 is 1.85 bits per heavy atom. The Kier molecular flexibility index (Phi) is 7.91. The molecule has 26 heavy (non-hydrogen) atoms. The molecule has 0 atom stereocenters. The number of benzene rings is 1. The molecule has 0 aromatic heterocycles. The number of hydrogen-bond acceptors (Lipinski definition) is 3. The molecule has 1 heterocycles. The van der Waals surface area contributed by atoms with Gasteiger partial charge in [0.25, 0.3) is 0 Å². The number of carbonyl (C=O) groups excluding carboxylic acids is 1. The topological polar surface area (TPSA) is 60.0 Å². The van der Waals surface area contributed by atoms with Gasteiger partial charge in [0.05, 0.1) is 0 Å². The van der Waals surface area contributed by atoms with Crippen LogP contribution in [0.1, 0.15) is 25.0 Å². The average Bonchev–Trinajstić information content (AvgIpc) is 2.62. The molecule has 2 rings (SSSR count). The van der Waals surface area contributed by atoms with Crippen molar-refractivity contribution in [3.8, 4) is 0 Å². The summed E-state index contributed by atoms with van der Waals surface area (Å²) < 4.78 is 0. The first-order valence-electron chi connectivity index (χ1n) is 9.51. The number of guanidine groups is 1. The molecule has 6 heteroatoms. The van der Waals surface area contributed by atoms with E-state index in [2.05, 4.69) is 56.6 Å². The van der Waals surface area contributed by atoms with E-state index in [4.69, 9.17) is 0 Å². The Morgan fingerprint density at radius 3 is 2.46 bits per heavy atom. The van der Waals surface area contributed by atoms with Crippen LogP contribution >= 0.6 is 0 Å². The lowest BCUT2D eigenvalue weighted by molar-refractivity contribution is -0.123. The molecule has 0 radical (unpaired) electrons. The zero-order valence-corrected chi connectivity index (χ0v) is 16.6. The van der Waals surface area contributed by atoms with Crippen molar-refractivity contribution in [1.82, 2.24) is 20.4 Å². The van der Waals surface area contributed by atoms with Gasteiger partial charge >= 0.3 is 0 Å². The van der Waals surface area contributed by atoms with Gasteiger partial charge in [0.2, 0.25) is 5.91 Å². The number of nitrogens with one attached hydrogen (secondary N) is 2. The minimum atomic E-state index is 0.0239. The van der Waals surface area contributed by atoms with Gasteiger partial charge in [-0.05, 0) is 12.5 Å². The lowest BCUT2D eigenvalue weighted by Gasteiger charge is -2.36. The number of aliphatic imine (C=N–C) groups is 1. The Morgan fingerprint density at radius 1 is 1.15 bits per heavy atom. The van der Waals surface area contributed by atoms with Crippen LogP contribution < -0.4 is 10.6 Å². The third-order valence-electron chi connectivity index (χ3n) is 4.60. The molecule has 1 aliphatic heterocycles. The Labute approximate surface area is 157 Å². The van der Waals surface area contributed by atoms with E-state index in [0.717, 1.165) is 38.7 Å². The molecule has 0 spiro atoms. The maximum atomic E-state index is 11.6. The van der Waals surface area contributed by atoms with Crippen LogP contribution in [0, 0.1) is 12.8 Å². The van der Waals surface area contributed by atoms with Gasteiger partial charge in [-0.15, -0.1) is 0 Å². The SMILES string of the molecule is CN=C(NCCNC(=O)C(C)C)N1CCN(Cc2cccc(C)c2)CC1. The van der Waals surface area contributed by atoms with E-state index in [0.29, 0.717) is 13.1 Å². The van der Waals surface area contributed by atoms with Crippen LogP contribution in [-0.2, 0) is 11.3 Å². The third-order valence-corrected chi connectivity index (χ3v) is 4.60. The van der Waals surface area contributed by atoms with Crippen LogP contribution in [0.15, 0.2) is 29.3 Å². The largest absolute Gasteiger partial charge is 0.354 e. The fraction of sp³-hybridized carbons (Fsp3) is 0.600. The van der Waals surface area contributed by atoms with E-state index >= 15 is 0 Å². The maximum Gasteiger partial charge on any atom is 0.222 e. The van der Waals surface area contributed by atoms with E-state index < -0.39 is 0 Å². The zero-order chi connectivity index (χ0) is 18.9. The molecule has 1 aromatic carbocycles. The highest BCUT2D eigenvalue weighted by atomic mass is 16.1. The summed E-state index contributed by atoms with van der Waals surface area (Å²) in [5.41, 5.74) is 2.69. The van der Waals surface area contributed by atoms with Gasteiger partial charge in [0.15, 0.2) is 5.96 Å². The van der Waals surface area contributed by atoms with Crippen molar-refractivity contribution in [2.24, 2.45) is 10.9 Å². The smallest absolute Gasteiger partial charge is 0.222 e. The highest BCUT2D eigenvalue weighted by Gasteiger charge is 2.19. The minimum absolute atomic E-state index is 0.0239. The molecule has 0 bridgehead atoms. The van der Waals surface area contributed by atoms with Gasteiger partial charge in [-0.1, -0.05) is 43.7 Å². The molecular weight excluding hydrogens is 326 g/mol. The van der Waals surface area contributed by atoms with Crippen molar-refractivity contribution in [2.75, 3.05) is 46.3 Å². The Balaban J connectivity index is 1.72. The van der Waals surface area contributed by atoms with Crippen molar-refractivity contribution in [3.63, 3.8) is 0 Å². The quantitative estimate of drug-likeness (QED) is 0.459. The number of carbonyl (C=O) groups is 1. The van der Waals surface area contributed by atoms with Crippen molar-refractivity contribution >= 4 is 11.9 Å². The van der Waals surface area contributed by atoms with Gasteiger partial charge in [-0.2, -0.15) is 0 Å². The summed E-state index contributed by atoms with van der Waals surface area (Å²) in [6.07, 6.45) is 0. The van der Waals surface area contributed by atoms with Crippen LogP contribution in [0.25, 0.3) is 0 Å². The second kappa shape index (κ2) is 10.2. The van der Waals surface area contributed by atoms with Gasteiger partial charge in [-0.3, -0.25) is 14.7 Å². The number of amides is 1. The highest BCUT2D eigenvalue weighted by molar-refractivity contribution is 5.80. The first-order valence-corrected chi connectivity index (χ1v) is 9.51. The van der Waals surface area contributed by atoms with Crippen molar-refractivity contribution in [1.29, 1.82) is 0 Å². The normalized spacial score (nSPS) is 16.0. The van der Waals surface area contributed by atoms with E-state index in [-0.39, 0.29) is 11.8 Å². The predicted octanol–water partition coefficient (Wildman–Crippen LogP) is 1.46. The van der Waals surface area contributed by atoms with Crippen LogP contribution in [0.5, 0.6) is 0 Å². The molecule has 2 N–H and O–H groups in total. The molecule has 1 aromatic rings. The Bertz CT molecular complexity index is 606. The molecule has 1 amide bonds. The summed E-state index contributed by atoms with van der Waals surface area (Å²) in [5, 5.41) is 6.27. The zero-order valence-electron chi connectivity index (χ0n) is 16.6. The lowest BCUT2D eigenvalue weighted by Crippen LogP contribution is -2.53. The number of piperazine rings is 1. The second-order valence-corrected chi connectivity index (χ2v) is 7.17. The molecular formula is C20H33N5O. The van der Waals surface area contributed by atoms with Crippen molar-refractivity contribution < 1.29 is 4.79 Å². The molecule has 0 unspecified atom stereocenters. The molecule has 1 saturated heterocycles. The summed E-state index contributed by atoms with van der Waals surface area (Å²) in [7, 11) is 1.81. The average molecular weight is 360 g/mol. The summed E-state index contributed by atoms with van der Waals surface area (Å²) >= 11 is 0. The van der Waals surface area contributed by atoms with E-state index in [9.17, 15) is 4.79 Å². The van der Waals surface area contributed by atoms with Crippen molar-refractivity contribution in [3.05, 3.63) is 35.4 Å². The summed E-state index contributed by atoms with van der Waals surface area (Å²) in [6.45, 7) is 12.2. The number of nitrogens with zero attached hydrogens (tertiary/aromatic N) is 3. The highest BCUT2D eigenvalue weighted by Crippen LogP contribution is 2.10.